The molecule has 2 atom stereocenters. The lowest BCUT2D eigenvalue weighted by atomic mass is 9.89. The molecule has 2 fully saturated rings. The van der Waals surface area contributed by atoms with Gasteiger partial charge < -0.3 is 10.2 Å². The van der Waals surface area contributed by atoms with Crippen molar-refractivity contribution < 1.29 is 24.7 Å². The maximum Gasteiger partial charge on any atom is 0.414 e. The molecule has 2 heterocycles. The van der Waals surface area contributed by atoms with Gasteiger partial charge in [0.1, 0.15) is 0 Å². The number of carboxylic acid groups (broad SMARTS) is 2. The molecule has 9 heteroatoms. The first-order valence-electron chi connectivity index (χ1n) is 10.3. The molecule has 166 valence electrons. The predicted octanol–water partition coefficient (Wildman–Crippen LogP) is 2.69. The Labute approximate surface area is 176 Å². The molecule has 9 nitrogen and oxygen atoms in total. The van der Waals surface area contributed by atoms with Crippen molar-refractivity contribution in [3.8, 4) is 0 Å². The second kappa shape index (κ2) is 11.0. The number of hydrogen-bond acceptors (Lipinski definition) is 6. The van der Waals surface area contributed by atoms with Gasteiger partial charge in [0, 0.05) is 37.3 Å². The van der Waals surface area contributed by atoms with Gasteiger partial charge >= 0.3 is 11.9 Å². The van der Waals surface area contributed by atoms with E-state index in [1.54, 1.807) is 12.1 Å². The molecular weight excluding hydrogens is 390 g/mol. The van der Waals surface area contributed by atoms with Crippen molar-refractivity contribution in [2.45, 2.75) is 45.7 Å². The molecule has 2 aliphatic heterocycles. The fraction of sp³-hybridized carbons (Fsp3) is 0.619. The zero-order valence-electron chi connectivity index (χ0n) is 17.6. The second-order valence-corrected chi connectivity index (χ2v) is 8.40. The maximum atomic E-state index is 11.2. The largest absolute Gasteiger partial charge is 0.473 e. The molecule has 0 saturated carbocycles. The van der Waals surface area contributed by atoms with Gasteiger partial charge in [0.15, 0.2) is 0 Å². The van der Waals surface area contributed by atoms with Crippen molar-refractivity contribution in [1.29, 1.82) is 0 Å². The van der Waals surface area contributed by atoms with Gasteiger partial charge in [-0.25, -0.2) is 9.59 Å². The van der Waals surface area contributed by atoms with Crippen LogP contribution in [0.2, 0.25) is 0 Å². The second-order valence-electron chi connectivity index (χ2n) is 8.40. The number of rotatable bonds is 4. The number of likely N-dealkylation sites (tertiary alicyclic amines) is 2. The van der Waals surface area contributed by atoms with Gasteiger partial charge in [-0.05, 0) is 44.2 Å². The minimum Gasteiger partial charge on any atom is -0.473 e. The van der Waals surface area contributed by atoms with Gasteiger partial charge in [0.05, 0.1) is 4.92 Å². The smallest absolute Gasteiger partial charge is 0.414 e. The first-order chi connectivity index (χ1) is 14.2. The summed E-state index contributed by atoms with van der Waals surface area (Å²) < 4.78 is 0. The van der Waals surface area contributed by atoms with E-state index in [1.165, 1.54) is 32.4 Å². The zero-order valence-corrected chi connectivity index (χ0v) is 17.6. The molecule has 0 radical (unpaired) electrons. The normalized spacial score (nSPS) is 23.3. The summed E-state index contributed by atoms with van der Waals surface area (Å²) >= 11 is 0. The summed E-state index contributed by atoms with van der Waals surface area (Å²) in [5.41, 5.74) is 1.08. The maximum absolute atomic E-state index is 11.2. The Morgan fingerprint density at radius 1 is 1.07 bits per heavy atom. The third-order valence-electron chi connectivity index (χ3n) is 5.74. The highest BCUT2D eigenvalue weighted by Crippen LogP contribution is 2.28. The molecule has 2 aliphatic rings. The summed E-state index contributed by atoms with van der Waals surface area (Å²) in [5.74, 6) is -2.04. The number of aliphatic carboxylic acids is 2. The average molecular weight is 421 g/mol. The van der Waals surface area contributed by atoms with E-state index in [9.17, 15) is 10.1 Å². The molecule has 0 amide bonds. The molecule has 3 rings (SSSR count). The van der Waals surface area contributed by atoms with Crippen molar-refractivity contribution >= 4 is 17.6 Å². The van der Waals surface area contributed by atoms with Crippen LogP contribution in [0.4, 0.5) is 5.69 Å². The molecule has 0 aliphatic carbocycles. The Balaban J connectivity index is 0.000000469. The SMILES string of the molecule is CC1CC(C)CN(C2CCN(Cc3ccccc3[N+](=O)[O-])CC2)C1.O=C(O)C(=O)O. The Morgan fingerprint density at radius 3 is 2.10 bits per heavy atom. The van der Waals surface area contributed by atoms with Crippen LogP contribution in [-0.2, 0) is 16.1 Å². The highest BCUT2D eigenvalue weighted by molar-refractivity contribution is 6.27. The predicted molar refractivity (Wildman–Crippen MR) is 111 cm³/mol. The van der Waals surface area contributed by atoms with E-state index < -0.39 is 11.9 Å². The molecule has 1 aromatic rings. The lowest BCUT2D eigenvalue weighted by molar-refractivity contribution is -0.385. The van der Waals surface area contributed by atoms with Crippen LogP contribution in [0.1, 0.15) is 38.7 Å². The van der Waals surface area contributed by atoms with Gasteiger partial charge in [0.2, 0.25) is 0 Å². The number of nitro groups is 1. The lowest BCUT2D eigenvalue weighted by Crippen LogP contribution is -2.49. The van der Waals surface area contributed by atoms with Gasteiger partial charge in [-0.3, -0.25) is 19.9 Å². The standard InChI is InChI=1S/C19H29N3O2.C2H2O4/c1-15-11-16(2)13-21(12-15)18-7-9-20(10-8-18)14-17-5-3-4-6-19(17)22(23)24;3-1(4)2(5)6/h3-6,15-16,18H,7-14H2,1-2H3;(H,3,4)(H,5,6). The molecule has 0 spiro atoms. The van der Waals surface area contributed by atoms with Crippen LogP contribution >= 0.6 is 0 Å². The summed E-state index contributed by atoms with van der Waals surface area (Å²) in [6, 6.07) is 7.83. The van der Waals surface area contributed by atoms with E-state index >= 15 is 0 Å². The monoisotopic (exact) mass is 421 g/mol. The van der Waals surface area contributed by atoms with E-state index in [2.05, 4.69) is 23.6 Å². The first kappa shape index (κ1) is 23.8. The summed E-state index contributed by atoms with van der Waals surface area (Å²) in [7, 11) is 0. The van der Waals surface area contributed by atoms with E-state index in [-0.39, 0.29) is 10.6 Å². The third-order valence-corrected chi connectivity index (χ3v) is 5.74. The topological polar surface area (TPSA) is 124 Å². The van der Waals surface area contributed by atoms with Gasteiger partial charge in [-0.1, -0.05) is 32.0 Å². The summed E-state index contributed by atoms with van der Waals surface area (Å²) in [5, 5.41) is 25.9. The van der Waals surface area contributed by atoms with Crippen molar-refractivity contribution in [2.75, 3.05) is 26.2 Å². The number of carboxylic acids is 2. The molecule has 0 bridgehead atoms. The average Bonchev–Trinajstić information content (AvgIpc) is 2.68. The van der Waals surface area contributed by atoms with Crippen molar-refractivity contribution in [3.63, 3.8) is 0 Å². The van der Waals surface area contributed by atoms with Gasteiger partial charge in [0.25, 0.3) is 5.69 Å². The molecule has 2 saturated heterocycles. The zero-order chi connectivity index (χ0) is 22.3. The fourth-order valence-electron chi connectivity index (χ4n) is 4.52. The highest BCUT2D eigenvalue weighted by Gasteiger charge is 2.30. The Hall–Kier alpha value is -2.52. The Morgan fingerprint density at radius 2 is 1.60 bits per heavy atom. The van der Waals surface area contributed by atoms with E-state index in [4.69, 9.17) is 19.8 Å². The molecular formula is C21H31N3O6. The van der Waals surface area contributed by atoms with Crippen LogP contribution in [-0.4, -0.2) is 69.1 Å². The van der Waals surface area contributed by atoms with Crippen LogP contribution in [0, 0.1) is 22.0 Å². The van der Waals surface area contributed by atoms with Crippen LogP contribution in [0.3, 0.4) is 0 Å². The van der Waals surface area contributed by atoms with Crippen LogP contribution < -0.4 is 0 Å². The van der Waals surface area contributed by atoms with Crippen molar-refractivity contribution in [3.05, 3.63) is 39.9 Å². The van der Waals surface area contributed by atoms with E-state index in [0.717, 1.165) is 30.5 Å². The summed E-state index contributed by atoms with van der Waals surface area (Å²) in [6.07, 6.45) is 3.72. The number of piperidine rings is 2. The van der Waals surface area contributed by atoms with Gasteiger partial charge in [-0.2, -0.15) is 0 Å². The summed E-state index contributed by atoms with van der Waals surface area (Å²) in [4.78, 5) is 34.2. The number of benzene rings is 1. The molecule has 1 aromatic carbocycles. The number of nitrogens with zero attached hydrogens (tertiary/aromatic N) is 3. The first-order valence-corrected chi connectivity index (χ1v) is 10.3. The number of nitro benzene ring substituents is 1. The lowest BCUT2D eigenvalue weighted by Gasteiger charge is -2.43. The van der Waals surface area contributed by atoms with Crippen molar-refractivity contribution in [1.82, 2.24) is 9.80 Å². The van der Waals surface area contributed by atoms with E-state index in [0.29, 0.717) is 12.6 Å². The summed E-state index contributed by atoms with van der Waals surface area (Å²) in [6.45, 7) is 9.97. The van der Waals surface area contributed by atoms with Crippen LogP contribution in [0.15, 0.2) is 24.3 Å². The quantitative estimate of drug-likeness (QED) is 0.432. The Kier molecular flexibility index (Phi) is 8.73. The van der Waals surface area contributed by atoms with Crippen LogP contribution in [0.25, 0.3) is 0 Å². The van der Waals surface area contributed by atoms with Gasteiger partial charge in [-0.15, -0.1) is 0 Å². The number of hydrogen-bond donors (Lipinski definition) is 2. The molecule has 2 unspecified atom stereocenters. The fourth-order valence-corrected chi connectivity index (χ4v) is 4.52. The molecule has 30 heavy (non-hydrogen) atoms. The minimum absolute atomic E-state index is 0.248. The highest BCUT2D eigenvalue weighted by atomic mass is 16.6. The molecule has 2 N–H and O–H groups in total. The number of para-hydroxylation sites is 1. The molecule has 0 aromatic heterocycles. The minimum atomic E-state index is -1.82. The van der Waals surface area contributed by atoms with Crippen LogP contribution in [0.5, 0.6) is 0 Å². The number of carbonyl (C=O) groups is 2. The van der Waals surface area contributed by atoms with Crippen molar-refractivity contribution in [2.24, 2.45) is 11.8 Å². The Bertz CT molecular complexity index is 726. The van der Waals surface area contributed by atoms with E-state index in [1.807, 2.05) is 12.1 Å². The third kappa shape index (κ3) is 7.07.